The molecule has 10 atom stereocenters. The standard InChI is InChI=1S/C27H32O15/c1-37-17-4-10(2-3-13(17)30)24-18(7-12-14(31)5-11(29)6-16(12)39-24)40-27-25(22(35)21(34)19(8-28)41-27)42-26-23(36)20(33)15(32)9-38-26/h2-7,15-16,19-23,25-36H,8-9H2,1H3. The summed E-state index contributed by atoms with van der Waals surface area (Å²) < 4.78 is 34.0. The molecule has 5 rings (SSSR count). The van der Waals surface area contributed by atoms with E-state index >= 15 is 0 Å². The first-order valence-corrected chi connectivity index (χ1v) is 12.9. The molecule has 0 spiro atoms. The smallest absolute Gasteiger partial charge is 0.229 e. The molecule has 2 saturated heterocycles. The number of benzene rings is 1. The van der Waals surface area contributed by atoms with Crippen molar-refractivity contribution < 1.29 is 74.4 Å². The van der Waals surface area contributed by atoms with Crippen molar-refractivity contribution in [2.24, 2.45) is 0 Å². The lowest BCUT2D eigenvalue weighted by Gasteiger charge is -2.45. The van der Waals surface area contributed by atoms with E-state index in [4.69, 9.17) is 28.4 Å². The first-order chi connectivity index (χ1) is 20.0. The summed E-state index contributed by atoms with van der Waals surface area (Å²) in [6.07, 6.45) is -11.6. The van der Waals surface area contributed by atoms with Crippen LogP contribution >= 0.6 is 0 Å². The number of hydrogen-bond donors (Lipinski definition) is 9. The van der Waals surface area contributed by atoms with E-state index in [9.17, 15) is 46.0 Å². The first kappa shape index (κ1) is 30.1. The van der Waals surface area contributed by atoms with Crippen LogP contribution in [0.15, 0.2) is 59.3 Å². The Labute approximate surface area is 238 Å². The van der Waals surface area contributed by atoms with Gasteiger partial charge in [-0.05, 0) is 24.3 Å². The normalized spacial score (nSPS) is 36.7. The van der Waals surface area contributed by atoms with Gasteiger partial charge in [-0.2, -0.15) is 0 Å². The molecule has 3 heterocycles. The van der Waals surface area contributed by atoms with Gasteiger partial charge < -0.3 is 74.4 Å². The zero-order valence-corrected chi connectivity index (χ0v) is 22.1. The second-order valence-electron chi connectivity index (χ2n) is 10.0. The Morgan fingerprint density at radius 1 is 0.929 bits per heavy atom. The molecular formula is C27H32O15. The highest BCUT2D eigenvalue weighted by Gasteiger charge is 2.50. The van der Waals surface area contributed by atoms with Crippen molar-refractivity contribution in [3.63, 3.8) is 0 Å². The number of aliphatic hydroxyl groups excluding tert-OH is 8. The highest BCUT2D eigenvalue weighted by molar-refractivity contribution is 5.70. The second-order valence-corrected chi connectivity index (χ2v) is 10.0. The molecule has 1 aromatic rings. The number of allylic oxidation sites excluding steroid dienone is 2. The van der Waals surface area contributed by atoms with Crippen molar-refractivity contribution in [1.82, 2.24) is 0 Å². The van der Waals surface area contributed by atoms with Crippen LogP contribution in [-0.2, 0) is 23.7 Å². The molecule has 0 radical (unpaired) electrons. The summed E-state index contributed by atoms with van der Waals surface area (Å²) in [5, 5.41) is 92.1. The van der Waals surface area contributed by atoms with E-state index in [1.807, 2.05) is 0 Å². The van der Waals surface area contributed by atoms with E-state index in [0.717, 1.165) is 6.08 Å². The summed E-state index contributed by atoms with van der Waals surface area (Å²) in [5.41, 5.74) is 0.487. The summed E-state index contributed by atoms with van der Waals surface area (Å²) in [7, 11) is 1.34. The number of methoxy groups -OCH3 is 1. The number of phenolic OH excluding ortho intramolecular Hbond substituents is 1. The Kier molecular flexibility index (Phi) is 8.66. The first-order valence-electron chi connectivity index (χ1n) is 12.9. The number of fused-ring (bicyclic) bond motifs is 1. The topological polar surface area (TPSA) is 237 Å². The van der Waals surface area contributed by atoms with Crippen LogP contribution in [0.5, 0.6) is 11.5 Å². The molecule has 0 amide bonds. The van der Waals surface area contributed by atoms with Gasteiger partial charge in [0.05, 0.1) is 20.3 Å². The molecule has 10 unspecified atom stereocenters. The van der Waals surface area contributed by atoms with E-state index in [-0.39, 0.29) is 40.1 Å². The summed E-state index contributed by atoms with van der Waals surface area (Å²) in [4.78, 5) is 0. The molecular weight excluding hydrogens is 564 g/mol. The maximum atomic E-state index is 10.9. The highest BCUT2D eigenvalue weighted by atomic mass is 16.8. The Morgan fingerprint density at radius 2 is 1.69 bits per heavy atom. The van der Waals surface area contributed by atoms with E-state index in [1.54, 1.807) is 0 Å². The van der Waals surface area contributed by atoms with Gasteiger partial charge in [0.25, 0.3) is 0 Å². The van der Waals surface area contributed by atoms with Crippen molar-refractivity contribution in [3.8, 4) is 11.5 Å². The minimum atomic E-state index is -1.77. The average Bonchev–Trinajstić information content (AvgIpc) is 2.97. The van der Waals surface area contributed by atoms with Crippen LogP contribution in [0.3, 0.4) is 0 Å². The van der Waals surface area contributed by atoms with Crippen molar-refractivity contribution in [1.29, 1.82) is 0 Å². The second kappa shape index (κ2) is 12.1. The van der Waals surface area contributed by atoms with Gasteiger partial charge in [-0.15, -0.1) is 0 Å². The lowest BCUT2D eigenvalue weighted by molar-refractivity contribution is -0.351. The molecule has 1 aromatic carbocycles. The number of rotatable bonds is 7. The van der Waals surface area contributed by atoms with Crippen LogP contribution in [0.4, 0.5) is 0 Å². The minimum absolute atomic E-state index is 0.0109. The van der Waals surface area contributed by atoms with Crippen LogP contribution in [-0.4, -0.2) is 128 Å². The number of ether oxygens (including phenoxy) is 6. The Balaban J connectivity index is 1.54. The third-order valence-electron chi connectivity index (χ3n) is 7.22. The van der Waals surface area contributed by atoms with Gasteiger partial charge in [0, 0.05) is 23.3 Å². The molecule has 0 bridgehead atoms. The number of phenols is 1. The highest BCUT2D eigenvalue weighted by Crippen LogP contribution is 2.40. The van der Waals surface area contributed by atoms with E-state index in [1.165, 1.54) is 37.5 Å². The maximum Gasteiger partial charge on any atom is 0.229 e. The van der Waals surface area contributed by atoms with Crippen LogP contribution < -0.4 is 4.74 Å². The molecule has 1 aliphatic carbocycles. The lowest BCUT2D eigenvalue weighted by Crippen LogP contribution is -2.63. The fraction of sp³-hybridized carbons (Fsp3) is 0.481. The van der Waals surface area contributed by atoms with Gasteiger partial charge in [0.1, 0.15) is 54.2 Å². The van der Waals surface area contributed by atoms with E-state index in [0.29, 0.717) is 5.56 Å². The third kappa shape index (κ3) is 5.66. The SMILES string of the molecule is COc1cc(C2=C(OC3OC(CO)C(O)C(O)C3OC3OCC(O)C(O)C3O)C=C3C(O)=CC(O)=CC3O2)ccc1O. The molecule has 230 valence electrons. The molecule has 0 aromatic heterocycles. The van der Waals surface area contributed by atoms with Gasteiger partial charge in [0.15, 0.2) is 35.4 Å². The lowest BCUT2D eigenvalue weighted by atomic mass is 9.96. The molecule has 15 heteroatoms. The average molecular weight is 597 g/mol. The zero-order chi connectivity index (χ0) is 30.3. The fourth-order valence-electron chi connectivity index (χ4n) is 4.90. The Bertz CT molecular complexity index is 1290. The van der Waals surface area contributed by atoms with Gasteiger partial charge in [-0.1, -0.05) is 0 Å². The number of aromatic hydroxyl groups is 1. The van der Waals surface area contributed by atoms with Gasteiger partial charge in [-0.3, -0.25) is 0 Å². The van der Waals surface area contributed by atoms with Crippen LogP contribution in [0.1, 0.15) is 5.56 Å². The van der Waals surface area contributed by atoms with Gasteiger partial charge >= 0.3 is 0 Å². The summed E-state index contributed by atoms with van der Waals surface area (Å²) >= 11 is 0. The molecule has 0 saturated carbocycles. The van der Waals surface area contributed by atoms with Crippen LogP contribution in [0.25, 0.3) is 5.76 Å². The summed E-state index contributed by atoms with van der Waals surface area (Å²) in [5.74, 6) is -0.777. The van der Waals surface area contributed by atoms with Crippen LogP contribution in [0.2, 0.25) is 0 Å². The summed E-state index contributed by atoms with van der Waals surface area (Å²) in [6, 6.07) is 4.24. The molecule has 2 fully saturated rings. The van der Waals surface area contributed by atoms with Gasteiger partial charge in [0.2, 0.25) is 6.29 Å². The van der Waals surface area contributed by atoms with Gasteiger partial charge in [-0.25, -0.2) is 0 Å². The van der Waals surface area contributed by atoms with Crippen molar-refractivity contribution in [3.05, 3.63) is 64.8 Å². The minimum Gasteiger partial charge on any atom is -0.508 e. The molecule has 3 aliphatic heterocycles. The molecule has 4 aliphatic rings. The monoisotopic (exact) mass is 596 g/mol. The Hall–Kier alpha value is -3.38. The number of aliphatic hydroxyl groups is 8. The van der Waals surface area contributed by atoms with Crippen molar-refractivity contribution >= 4 is 5.76 Å². The molecule has 15 nitrogen and oxygen atoms in total. The third-order valence-corrected chi connectivity index (χ3v) is 7.22. The maximum absolute atomic E-state index is 10.9. The predicted molar refractivity (Wildman–Crippen MR) is 137 cm³/mol. The van der Waals surface area contributed by atoms with E-state index in [2.05, 4.69) is 0 Å². The largest absolute Gasteiger partial charge is 0.508 e. The quantitative estimate of drug-likeness (QED) is 0.175. The Morgan fingerprint density at radius 3 is 2.40 bits per heavy atom. The van der Waals surface area contributed by atoms with Crippen molar-refractivity contribution in [2.45, 2.75) is 61.4 Å². The predicted octanol–water partition coefficient (Wildman–Crippen LogP) is -1.43. The summed E-state index contributed by atoms with van der Waals surface area (Å²) in [6.45, 7) is -1.14. The van der Waals surface area contributed by atoms with Crippen LogP contribution in [0, 0.1) is 0 Å². The fourth-order valence-corrected chi connectivity index (χ4v) is 4.90. The number of hydrogen-bond acceptors (Lipinski definition) is 15. The molecule has 42 heavy (non-hydrogen) atoms. The van der Waals surface area contributed by atoms with Crippen molar-refractivity contribution in [2.75, 3.05) is 20.3 Å². The van der Waals surface area contributed by atoms with E-state index < -0.39 is 74.6 Å². The zero-order valence-electron chi connectivity index (χ0n) is 22.1. The molecule has 9 N–H and O–H groups in total.